The summed E-state index contributed by atoms with van der Waals surface area (Å²) in [6.07, 6.45) is 4.59. The molecule has 4 amide bonds. The average molecular weight is 347 g/mol. The molecule has 1 saturated carbocycles. The molecule has 1 aliphatic carbocycles. The van der Waals surface area contributed by atoms with E-state index >= 15 is 0 Å². The Morgan fingerprint density at radius 2 is 1.92 bits per heavy atom. The van der Waals surface area contributed by atoms with Crippen molar-refractivity contribution in [2.45, 2.75) is 51.1 Å². The van der Waals surface area contributed by atoms with E-state index in [1.165, 1.54) is 15.3 Å². The molecule has 0 N–H and O–H groups in total. The molecule has 0 bridgehead atoms. The third-order valence-electron chi connectivity index (χ3n) is 5.50. The molecule has 1 atom stereocenters. The van der Waals surface area contributed by atoms with E-state index in [-0.39, 0.29) is 18.8 Å². The Labute approximate surface area is 145 Å². The number of hydrogen-bond acceptors (Lipinski definition) is 5. The minimum absolute atomic E-state index is 0.0961. The average Bonchev–Trinajstić information content (AvgIpc) is 3.28. The van der Waals surface area contributed by atoms with Crippen molar-refractivity contribution in [1.29, 1.82) is 0 Å². The Bertz CT molecular complexity index is 695. The van der Waals surface area contributed by atoms with Gasteiger partial charge in [0.2, 0.25) is 0 Å². The first-order chi connectivity index (χ1) is 11.6. The van der Waals surface area contributed by atoms with Gasteiger partial charge in [0.05, 0.1) is 6.67 Å². The van der Waals surface area contributed by atoms with Crippen molar-refractivity contribution >= 4 is 29.2 Å². The first kappa shape index (κ1) is 15.8. The molecule has 0 spiro atoms. The van der Waals surface area contributed by atoms with E-state index in [1.54, 1.807) is 11.3 Å². The van der Waals surface area contributed by atoms with E-state index < -0.39 is 17.8 Å². The number of hydrogen-bond donors (Lipinski definition) is 0. The second-order valence-corrected chi connectivity index (χ2v) is 7.81. The van der Waals surface area contributed by atoms with E-state index in [0.717, 1.165) is 43.5 Å². The molecule has 3 heterocycles. The number of thiophene rings is 1. The predicted octanol–water partition coefficient (Wildman–Crippen LogP) is 2.36. The molecule has 0 aromatic carbocycles. The zero-order valence-electron chi connectivity index (χ0n) is 13.7. The Morgan fingerprint density at radius 1 is 1.17 bits per heavy atom. The molecule has 0 unspecified atom stereocenters. The van der Waals surface area contributed by atoms with E-state index in [2.05, 4.69) is 23.3 Å². The molecule has 2 aliphatic heterocycles. The lowest BCUT2D eigenvalue weighted by Crippen LogP contribution is -2.46. The number of urea groups is 1. The number of amides is 4. The summed E-state index contributed by atoms with van der Waals surface area (Å²) < 4.78 is 0. The maximum atomic E-state index is 12.7. The van der Waals surface area contributed by atoms with Crippen LogP contribution in [0.4, 0.5) is 4.79 Å². The molecule has 6 nitrogen and oxygen atoms in total. The predicted molar refractivity (Wildman–Crippen MR) is 89.4 cm³/mol. The lowest BCUT2D eigenvalue weighted by molar-refractivity contribution is -0.144. The van der Waals surface area contributed by atoms with Gasteiger partial charge >= 0.3 is 17.8 Å². The molecular weight excluding hydrogens is 326 g/mol. The molecule has 0 radical (unpaired) electrons. The highest BCUT2D eigenvalue weighted by molar-refractivity contribution is 7.10. The largest absolute Gasteiger partial charge is 0.335 e. The summed E-state index contributed by atoms with van der Waals surface area (Å²) in [4.78, 5) is 43.1. The van der Waals surface area contributed by atoms with E-state index in [4.69, 9.17) is 0 Å². The van der Waals surface area contributed by atoms with Gasteiger partial charge in [0.25, 0.3) is 0 Å². The fourth-order valence-corrected chi connectivity index (χ4v) is 5.03. The van der Waals surface area contributed by atoms with Crippen LogP contribution in [-0.4, -0.2) is 51.8 Å². The number of carbonyl (C=O) groups excluding carboxylic acids is 3. The van der Waals surface area contributed by atoms with E-state index in [0.29, 0.717) is 0 Å². The number of fused-ring (bicyclic) bond motifs is 1. The maximum absolute atomic E-state index is 12.7. The highest BCUT2D eigenvalue weighted by Crippen LogP contribution is 2.34. The topological polar surface area (TPSA) is 60.9 Å². The van der Waals surface area contributed by atoms with Crippen molar-refractivity contribution in [2.75, 3.05) is 13.2 Å². The monoisotopic (exact) mass is 347 g/mol. The summed E-state index contributed by atoms with van der Waals surface area (Å²) in [5, 5.41) is 2.09. The smallest absolute Gasteiger partial charge is 0.278 e. The summed E-state index contributed by atoms with van der Waals surface area (Å²) >= 11 is 1.76. The normalized spacial score (nSPS) is 25.9. The van der Waals surface area contributed by atoms with Gasteiger partial charge in [-0.05, 0) is 43.2 Å². The highest BCUT2D eigenvalue weighted by atomic mass is 32.1. The van der Waals surface area contributed by atoms with Gasteiger partial charge in [-0.3, -0.25) is 19.4 Å². The van der Waals surface area contributed by atoms with Crippen LogP contribution in [0.5, 0.6) is 0 Å². The molecule has 2 fully saturated rings. The molecule has 1 aromatic rings. The summed E-state index contributed by atoms with van der Waals surface area (Å²) in [5.41, 5.74) is 1.27. The third kappa shape index (κ3) is 2.38. The lowest BCUT2D eigenvalue weighted by atomic mass is 10.0. The summed E-state index contributed by atoms with van der Waals surface area (Å²) in [5.74, 6) is -1.32. The standard InChI is InChI=1S/C17H21N3O3S/c1-11-13-7-9-24-14(13)6-8-18(11)10-19-15(21)16(22)20(17(19)23)12-4-2-3-5-12/h7,9,11-12H,2-6,8,10H2,1H3/t11-/m0/s1. The summed E-state index contributed by atoms with van der Waals surface area (Å²) in [6, 6.07) is 1.73. The molecule has 24 heavy (non-hydrogen) atoms. The molecule has 128 valence electrons. The van der Waals surface area contributed by atoms with Crippen molar-refractivity contribution in [2.24, 2.45) is 0 Å². The van der Waals surface area contributed by atoms with Crippen LogP contribution in [-0.2, 0) is 16.0 Å². The quantitative estimate of drug-likeness (QED) is 0.622. The SMILES string of the molecule is C[C@H]1c2ccsc2CCN1CN1C(=O)C(=O)N(C2CCCC2)C1=O. The molecule has 1 saturated heterocycles. The van der Waals surface area contributed by atoms with Crippen LogP contribution < -0.4 is 0 Å². The Kier molecular flexibility index (Phi) is 3.92. The Hall–Kier alpha value is -1.73. The zero-order chi connectivity index (χ0) is 16.8. The van der Waals surface area contributed by atoms with Crippen LogP contribution in [0.2, 0.25) is 0 Å². The van der Waals surface area contributed by atoms with Gasteiger partial charge in [0.15, 0.2) is 0 Å². The minimum atomic E-state index is -0.671. The number of carbonyl (C=O) groups is 3. The first-order valence-electron chi connectivity index (χ1n) is 8.57. The maximum Gasteiger partial charge on any atom is 0.335 e. The Balaban J connectivity index is 1.51. The van der Waals surface area contributed by atoms with Crippen LogP contribution in [0.15, 0.2) is 11.4 Å². The van der Waals surface area contributed by atoms with Gasteiger partial charge < -0.3 is 0 Å². The molecule has 4 rings (SSSR count). The van der Waals surface area contributed by atoms with Crippen LogP contribution in [0, 0.1) is 0 Å². The Morgan fingerprint density at radius 3 is 2.67 bits per heavy atom. The van der Waals surface area contributed by atoms with Crippen molar-refractivity contribution in [3.8, 4) is 0 Å². The van der Waals surface area contributed by atoms with Gasteiger partial charge in [-0.15, -0.1) is 11.3 Å². The van der Waals surface area contributed by atoms with Crippen LogP contribution in [0.1, 0.15) is 49.1 Å². The van der Waals surface area contributed by atoms with Crippen molar-refractivity contribution < 1.29 is 14.4 Å². The van der Waals surface area contributed by atoms with Crippen LogP contribution >= 0.6 is 11.3 Å². The molecule has 3 aliphatic rings. The third-order valence-corrected chi connectivity index (χ3v) is 6.50. The highest BCUT2D eigenvalue weighted by Gasteiger charge is 2.48. The second-order valence-electron chi connectivity index (χ2n) is 6.81. The van der Waals surface area contributed by atoms with Crippen molar-refractivity contribution in [1.82, 2.24) is 14.7 Å². The first-order valence-corrected chi connectivity index (χ1v) is 9.45. The molecule has 7 heteroatoms. The van der Waals surface area contributed by atoms with Gasteiger partial charge in [0.1, 0.15) is 0 Å². The number of nitrogens with zero attached hydrogens (tertiary/aromatic N) is 3. The van der Waals surface area contributed by atoms with E-state index in [1.807, 2.05) is 0 Å². The van der Waals surface area contributed by atoms with Gasteiger partial charge in [0, 0.05) is 23.5 Å². The minimum Gasteiger partial charge on any atom is -0.278 e. The van der Waals surface area contributed by atoms with Crippen molar-refractivity contribution in [3.05, 3.63) is 21.9 Å². The van der Waals surface area contributed by atoms with Crippen LogP contribution in [0.3, 0.4) is 0 Å². The van der Waals surface area contributed by atoms with Gasteiger partial charge in [-0.25, -0.2) is 9.69 Å². The van der Waals surface area contributed by atoms with E-state index in [9.17, 15) is 14.4 Å². The lowest BCUT2D eigenvalue weighted by Gasteiger charge is -2.35. The fourth-order valence-electron chi connectivity index (χ4n) is 4.07. The summed E-state index contributed by atoms with van der Waals surface area (Å²) in [7, 11) is 0. The second kappa shape index (κ2) is 5.97. The van der Waals surface area contributed by atoms with Gasteiger partial charge in [-0.2, -0.15) is 0 Å². The molecular formula is C17H21N3O3S. The zero-order valence-corrected chi connectivity index (χ0v) is 14.6. The number of rotatable bonds is 3. The van der Waals surface area contributed by atoms with Crippen molar-refractivity contribution in [3.63, 3.8) is 0 Å². The fraction of sp³-hybridized carbons (Fsp3) is 0.588. The summed E-state index contributed by atoms with van der Waals surface area (Å²) in [6.45, 7) is 3.08. The number of imide groups is 2. The van der Waals surface area contributed by atoms with Gasteiger partial charge in [-0.1, -0.05) is 12.8 Å². The van der Waals surface area contributed by atoms with Crippen LogP contribution in [0.25, 0.3) is 0 Å². The molecule has 1 aromatic heterocycles.